The molecule has 0 unspecified atom stereocenters. The molecule has 0 aliphatic heterocycles. The Kier molecular flexibility index (Phi) is 2.81. The van der Waals surface area contributed by atoms with Crippen molar-refractivity contribution in [2.24, 2.45) is 13.0 Å². The van der Waals surface area contributed by atoms with Crippen molar-refractivity contribution in [2.75, 3.05) is 6.54 Å². The quantitative estimate of drug-likeness (QED) is 0.903. The van der Waals surface area contributed by atoms with Crippen molar-refractivity contribution in [3.8, 4) is 0 Å². The molecule has 0 atom stereocenters. The van der Waals surface area contributed by atoms with Crippen LogP contribution in [-0.2, 0) is 13.6 Å². The predicted molar refractivity (Wildman–Crippen MR) is 70.2 cm³/mol. The molecule has 1 saturated carbocycles. The maximum absolute atomic E-state index is 6.00. The summed E-state index contributed by atoms with van der Waals surface area (Å²) in [6.07, 6.45) is 2.76. The Hall–Kier alpha value is -1.06. The number of aryl methyl sites for hydroxylation is 1. The molecule has 1 aromatic carbocycles. The highest BCUT2D eigenvalue weighted by molar-refractivity contribution is 6.31. The van der Waals surface area contributed by atoms with E-state index in [0.29, 0.717) is 0 Å². The highest BCUT2D eigenvalue weighted by Crippen LogP contribution is 2.27. The van der Waals surface area contributed by atoms with Crippen LogP contribution in [0.1, 0.15) is 18.7 Å². The molecule has 3 rings (SSSR count). The van der Waals surface area contributed by atoms with Gasteiger partial charge in [0, 0.05) is 12.1 Å². The Balaban J connectivity index is 1.80. The van der Waals surface area contributed by atoms with E-state index >= 15 is 0 Å². The number of imidazole rings is 1. The Morgan fingerprint density at radius 2 is 2.29 bits per heavy atom. The van der Waals surface area contributed by atoms with Gasteiger partial charge in [-0.3, -0.25) is 0 Å². The van der Waals surface area contributed by atoms with Gasteiger partial charge in [0.2, 0.25) is 0 Å². The minimum absolute atomic E-state index is 0.762. The number of rotatable bonds is 4. The summed E-state index contributed by atoms with van der Waals surface area (Å²) in [5.41, 5.74) is 2.11. The van der Waals surface area contributed by atoms with Crippen LogP contribution in [0.4, 0.5) is 0 Å². The van der Waals surface area contributed by atoms with Crippen LogP contribution in [0.2, 0.25) is 5.02 Å². The lowest BCUT2D eigenvalue weighted by Crippen LogP contribution is -2.18. The normalized spacial score (nSPS) is 15.6. The van der Waals surface area contributed by atoms with Gasteiger partial charge >= 0.3 is 0 Å². The number of hydrogen-bond donors (Lipinski definition) is 1. The number of nitrogens with one attached hydrogen (secondary N) is 1. The van der Waals surface area contributed by atoms with Crippen LogP contribution in [-0.4, -0.2) is 16.1 Å². The van der Waals surface area contributed by atoms with Crippen LogP contribution in [0.3, 0.4) is 0 Å². The van der Waals surface area contributed by atoms with E-state index in [9.17, 15) is 0 Å². The fraction of sp³-hybridized carbons (Fsp3) is 0.462. The van der Waals surface area contributed by atoms with Gasteiger partial charge in [-0.25, -0.2) is 4.98 Å². The van der Waals surface area contributed by atoms with Gasteiger partial charge in [0.15, 0.2) is 0 Å². The topological polar surface area (TPSA) is 29.9 Å². The molecule has 1 aliphatic rings. The SMILES string of the molecule is Cn1c(CNCC2CC2)nc2ccc(Cl)cc21. The molecule has 90 valence electrons. The van der Waals surface area contributed by atoms with Crippen LogP contribution in [0, 0.1) is 5.92 Å². The molecule has 1 fully saturated rings. The van der Waals surface area contributed by atoms with Crippen molar-refractivity contribution >= 4 is 22.6 Å². The maximum atomic E-state index is 6.00. The minimum atomic E-state index is 0.762. The third-order valence-corrected chi connectivity index (χ3v) is 3.58. The second kappa shape index (κ2) is 4.31. The summed E-state index contributed by atoms with van der Waals surface area (Å²) >= 11 is 6.00. The number of hydrogen-bond acceptors (Lipinski definition) is 2. The number of benzene rings is 1. The van der Waals surface area contributed by atoms with Crippen LogP contribution < -0.4 is 5.32 Å². The van der Waals surface area contributed by atoms with Crippen LogP contribution in [0.15, 0.2) is 18.2 Å². The molecule has 1 aromatic heterocycles. The highest BCUT2D eigenvalue weighted by atomic mass is 35.5. The predicted octanol–water partition coefficient (Wildman–Crippen LogP) is 2.73. The summed E-state index contributed by atoms with van der Waals surface area (Å²) in [6.45, 7) is 1.95. The lowest BCUT2D eigenvalue weighted by molar-refractivity contribution is 0.607. The molecule has 2 aromatic rings. The summed E-state index contributed by atoms with van der Waals surface area (Å²) in [4.78, 5) is 4.61. The highest BCUT2D eigenvalue weighted by Gasteiger charge is 2.20. The molecule has 4 heteroatoms. The van der Waals surface area contributed by atoms with Gasteiger partial charge < -0.3 is 9.88 Å². The molecule has 1 N–H and O–H groups in total. The van der Waals surface area contributed by atoms with Crippen molar-refractivity contribution in [2.45, 2.75) is 19.4 Å². The number of aromatic nitrogens is 2. The molecule has 1 heterocycles. The van der Waals surface area contributed by atoms with Crippen LogP contribution >= 0.6 is 11.6 Å². The van der Waals surface area contributed by atoms with Gasteiger partial charge in [0.05, 0.1) is 17.6 Å². The first kappa shape index (κ1) is 11.1. The van der Waals surface area contributed by atoms with E-state index in [0.717, 1.165) is 40.9 Å². The second-order valence-electron chi connectivity index (χ2n) is 4.79. The van der Waals surface area contributed by atoms with Crippen molar-refractivity contribution < 1.29 is 0 Å². The first-order valence-corrected chi connectivity index (χ1v) is 6.43. The van der Waals surface area contributed by atoms with E-state index in [1.807, 2.05) is 25.2 Å². The fourth-order valence-electron chi connectivity index (χ4n) is 2.08. The standard InChI is InChI=1S/C13H16ClN3/c1-17-12-6-10(14)4-5-11(12)16-13(17)8-15-7-9-2-3-9/h4-6,9,15H,2-3,7-8H2,1H3. The third kappa shape index (κ3) is 2.31. The lowest BCUT2D eigenvalue weighted by atomic mass is 10.3. The summed E-state index contributed by atoms with van der Waals surface area (Å²) in [5, 5.41) is 4.23. The second-order valence-corrected chi connectivity index (χ2v) is 5.23. The van der Waals surface area contributed by atoms with E-state index in [1.165, 1.54) is 12.8 Å². The average molecular weight is 250 g/mol. The Bertz CT molecular complexity index is 543. The van der Waals surface area contributed by atoms with E-state index in [-0.39, 0.29) is 0 Å². The zero-order chi connectivity index (χ0) is 11.8. The van der Waals surface area contributed by atoms with Crippen LogP contribution in [0.25, 0.3) is 11.0 Å². The van der Waals surface area contributed by atoms with Crippen molar-refractivity contribution in [1.29, 1.82) is 0 Å². The number of fused-ring (bicyclic) bond motifs is 1. The van der Waals surface area contributed by atoms with Gasteiger partial charge in [0.25, 0.3) is 0 Å². The molecular weight excluding hydrogens is 234 g/mol. The Morgan fingerprint density at radius 1 is 1.47 bits per heavy atom. The molecule has 0 bridgehead atoms. The molecular formula is C13H16ClN3. The number of halogens is 1. The lowest BCUT2D eigenvalue weighted by Gasteiger charge is -2.04. The number of nitrogens with zero attached hydrogens (tertiary/aromatic N) is 2. The van der Waals surface area contributed by atoms with Crippen molar-refractivity contribution in [3.63, 3.8) is 0 Å². The van der Waals surface area contributed by atoms with E-state index < -0.39 is 0 Å². The molecule has 17 heavy (non-hydrogen) atoms. The zero-order valence-electron chi connectivity index (χ0n) is 9.91. The molecule has 1 aliphatic carbocycles. The first-order chi connectivity index (χ1) is 8.24. The maximum Gasteiger partial charge on any atom is 0.123 e. The average Bonchev–Trinajstić information content (AvgIpc) is 3.08. The van der Waals surface area contributed by atoms with Crippen molar-refractivity contribution in [3.05, 3.63) is 29.0 Å². The fourth-order valence-corrected chi connectivity index (χ4v) is 2.25. The Morgan fingerprint density at radius 3 is 3.06 bits per heavy atom. The monoisotopic (exact) mass is 249 g/mol. The molecule has 0 radical (unpaired) electrons. The van der Waals surface area contributed by atoms with Crippen LogP contribution in [0.5, 0.6) is 0 Å². The van der Waals surface area contributed by atoms with Gasteiger partial charge in [-0.15, -0.1) is 0 Å². The smallest absolute Gasteiger partial charge is 0.123 e. The van der Waals surface area contributed by atoms with Gasteiger partial charge in [-0.1, -0.05) is 11.6 Å². The van der Waals surface area contributed by atoms with Gasteiger partial charge in [-0.2, -0.15) is 0 Å². The summed E-state index contributed by atoms with van der Waals surface area (Å²) in [5.74, 6) is 1.97. The van der Waals surface area contributed by atoms with Crippen molar-refractivity contribution in [1.82, 2.24) is 14.9 Å². The summed E-state index contributed by atoms with van der Waals surface area (Å²) in [7, 11) is 2.04. The van der Waals surface area contributed by atoms with Gasteiger partial charge in [-0.05, 0) is 43.5 Å². The molecule has 0 amide bonds. The zero-order valence-corrected chi connectivity index (χ0v) is 10.7. The van der Waals surface area contributed by atoms with E-state index in [2.05, 4.69) is 14.9 Å². The summed E-state index contributed by atoms with van der Waals surface area (Å²) in [6, 6.07) is 5.83. The molecule has 0 saturated heterocycles. The molecule has 0 spiro atoms. The Labute approximate surface area is 106 Å². The molecule has 3 nitrogen and oxygen atoms in total. The van der Waals surface area contributed by atoms with E-state index in [4.69, 9.17) is 11.6 Å². The summed E-state index contributed by atoms with van der Waals surface area (Å²) < 4.78 is 2.11. The minimum Gasteiger partial charge on any atom is -0.330 e. The van der Waals surface area contributed by atoms with Gasteiger partial charge in [0.1, 0.15) is 5.82 Å². The van der Waals surface area contributed by atoms with E-state index in [1.54, 1.807) is 0 Å². The third-order valence-electron chi connectivity index (χ3n) is 3.35. The first-order valence-electron chi connectivity index (χ1n) is 6.05. The largest absolute Gasteiger partial charge is 0.330 e.